The van der Waals surface area contributed by atoms with Crippen molar-refractivity contribution in [2.75, 3.05) is 0 Å². The summed E-state index contributed by atoms with van der Waals surface area (Å²) in [6, 6.07) is 5.71. The molecule has 0 saturated heterocycles. The minimum Gasteiger partial charge on any atom is -0.487 e. The highest BCUT2D eigenvalue weighted by atomic mass is 32.1. The van der Waals surface area contributed by atoms with Gasteiger partial charge in [-0.05, 0) is 58.9 Å². The molecule has 0 spiro atoms. The van der Waals surface area contributed by atoms with Gasteiger partial charge in [0.1, 0.15) is 12.4 Å². The van der Waals surface area contributed by atoms with E-state index in [1.165, 1.54) is 6.92 Å². The summed E-state index contributed by atoms with van der Waals surface area (Å²) in [5, 5.41) is 7.63. The number of aryl methyl sites for hydroxylation is 1. The zero-order valence-corrected chi connectivity index (χ0v) is 17.9. The zero-order valence-electron chi connectivity index (χ0n) is 17.1. The average Bonchev–Trinajstić information content (AvgIpc) is 3.04. The van der Waals surface area contributed by atoms with Crippen molar-refractivity contribution in [1.29, 1.82) is 0 Å². The van der Waals surface area contributed by atoms with E-state index in [9.17, 15) is 14.4 Å². The molecule has 8 nitrogen and oxygen atoms in total. The topological polar surface area (TPSA) is 107 Å². The normalized spacial score (nSPS) is 12.0. The monoisotopic (exact) mass is 419 g/mol. The zero-order chi connectivity index (χ0) is 21.6. The third-order valence-corrected chi connectivity index (χ3v) is 4.34. The Labute approximate surface area is 173 Å². The Kier molecular flexibility index (Phi) is 7.33. The smallest absolute Gasteiger partial charge is 0.338 e. The van der Waals surface area contributed by atoms with E-state index in [0.717, 1.165) is 10.7 Å². The first-order valence-electron chi connectivity index (χ1n) is 9.01. The van der Waals surface area contributed by atoms with Crippen molar-refractivity contribution in [3.05, 3.63) is 45.9 Å². The number of carbonyl (C=O) groups is 3. The molecule has 0 aliphatic carbocycles. The summed E-state index contributed by atoms with van der Waals surface area (Å²) in [6.45, 7) is 9.00. The molecule has 9 heteroatoms. The van der Waals surface area contributed by atoms with Crippen molar-refractivity contribution in [2.45, 2.75) is 52.9 Å². The van der Waals surface area contributed by atoms with E-state index in [1.54, 1.807) is 56.4 Å². The summed E-state index contributed by atoms with van der Waals surface area (Å²) in [5.74, 6) is -0.805. The van der Waals surface area contributed by atoms with Crippen LogP contribution in [-0.2, 0) is 16.1 Å². The fourth-order valence-corrected chi connectivity index (χ4v) is 2.78. The average molecular weight is 420 g/mol. The molecule has 1 atom stereocenters. The van der Waals surface area contributed by atoms with E-state index < -0.39 is 29.6 Å². The van der Waals surface area contributed by atoms with Crippen LogP contribution in [0.3, 0.4) is 0 Å². The molecule has 3 amide bonds. The number of hydrogen-bond donors (Lipinski definition) is 2. The summed E-state index contributed by atoms with van der Waals surface area (Å²) < 4.78 is 10.7. The van der Waals surface area contributed by atoms with Crippen LogP contribution in [0.15, 0.2) is 29.6 Å². The molecule has 2 N–H and O–H groups in total. The predicted molar refractivity (Wildman–Crippen MR) is 109 cm³/mol. The van der Waals surface area contributed by atoms with Gasteiger partial charge in [-0.1, -0.05) is 0 Å². The van der Waals surface area contributed by atoms with Crippen molar-refractivity contribution in [3.8, 4) is 5.75 Å². The molecule has 0 unspecified atom stereocenters. The molecule has 1 aromatic carbocycles. The summed E-state index contributed by atoms with van der Waals surface area (Å²) >= 11 is 1.55. The highest BCUT2D eigenvalue weighted by Gasteiger charge is 2.22. The molecule has 0 aliphatic rings. The second kappa shape index (κ2) is 9.51. The maximum absolute atomic E-state index is 12.2. The van der Waals surface area contributed by atoms with Gasteiger partial charge in [0.2, 0.25) is 0 Å². The molecule has 0 aliphatic heterocycles. The van der Waals surface area contributed by atoms with Gasteiger partial charge >= 0.3 is 12.0 Å². The van der Waals surface area contributed by atoms with Gasteiger partial charge in [0, 0.05) is 10.9 Å². The van der Waals surface area contributed by atoms with E-state index in [1.807, 2.05) is 12.3 Å². The molecule has 2 aromatic rings. The Hall–Kier alpha value is -2.94. The number of urea groups is 1. The molecule has 0 radical (unpaired) electrons. The van der Waals surface area contributed by atoms with Crippen LogP contribution >= 0.6 is 11.3 Å². The van der Waals surface area contributed by atoms with E-state index >= 15 is 0 Å². The number of thiazole rings is 1. The molecule has 0 bridgehead atoms. The molecular weight excluding hydrogens is 394 g/mol. The number of esters is 1. The molecule has 29 heavy (non-hydrogen) atoms. The predicted octanol–water partition coefficient (Wildman–Crippen LogP) is 3.20. The number of ether oxygens (including phenoxy) is 2. The Morgan fingerprint density at radius 3 is 2.38 bits per heavy atom. The molecule has 2 rings (SSSR count). The van der Waals surface area contributed by atoms with Crippen molar-refractivity contribution in [2.24, 2.45) is 0 Å². The molecule has 1 heterocycles. The van der Waals surface area contributed by atoms with Gasteiger partial charge in [-0.25, -0.2) is 14.6 Å². The largest absolute Gasteiger partial charge is 0.487 e. The Bertz CT molecular complexity index is 871. The van der Waals surface area contributed by atoms with E-state index in [0.29, 0.717) is 12.4 Å². The first-order valence-corrected chi connectivity index (χ1v) is 9.89. The number of benzene rings is 1. The summed E-state index contributed by atoms with van der Waals surface area (Å²) in [7, 11) is 0. The van der Waals surface area contributed by atoms with E-state index in [2.05, 4.69) is 15.6 Å². The summed E-state index contributed by atoms with van der Waals surface area (Å²) in [5.41, 5.74) is 0.610. The molecule has 156 valence electrons. The van der Waals surface area contributed by atoms with Gasteiger partial charge in [-0.15, -0.1) is 11.3 Å². The standard InChI is InChI=1S/C20H25N3O5S/c1-12(17(24)22-19(26)23-20(3,4)5)28-18(25)14-6-8-16(9-7-14)27-10-15-11-29-13(2)21-15/h6-9,11-12H,10H2,1-5H3,(H2,22,23,24,26)/t12-/m0/s1. The van der Waals surface area contributed by atoms with E-state index in [4.69, 9.17) is 9.47 Å². The molecule has 1 aromatic heterocycles. The third-order valence-electron chi connectivity index (χ3n) is 3.52. The lowest BCUT2D eigenvalue weighted by molar-refractivity contribution is -0.127. The van der Waals surface area contributed by atoms with E-state index in [-0.39, 0.29) is 5.56 Å². The lowest BCUT2D eigenvalue weighted by atomic mass is 10.1. The van der Waals surface area contributed by atoms with Crippen LogP contribution in [0.5, 0.6) is 5.75 Å². The minimum absolute atomic E-state index is 0.264. The van der Waals surface area contributed by atoms with Gasteiger partial charge in [0.05, 0.1) is 16.3 Å². The van der Waals surface area contributed by atoms with Crippen molar-refractivity contribution in [3.63, 3.8) is 0 Å². The number of nitrogens with zero attached hydrogens (tertiary/aromatic N) is 1. The SMILES string of the molecule is Cc1nc(COc2ccc(C(=O)O[C@@H](C)C(=O)NC(=O)NC(C)(C)C)cc2)cs1. The third kappa shape index (κ3) is 7.53. The Balaban J connectivity index is 1.84. The Morgan fingerprint density at radius 1 is 1.17 bits per heavy atom. The van der Waals surface area contributed by atoms with Crippen LogP contribution in [0.25, 0.3) is 0 Å². The number of nitrogens with one attached hydrogen (secondary N) is 2. The maximum atomic E-state index is 12.2. The molecule has 0 fully saturated rings. The Morgan fingerprint density at radius 2 is 1.83 bits per heavy atom. The van der Waals surface area contributed by atoms with Crippen molar-refractivity contribution in [1.82, 2.24) is 15.6 Å². The van der Waals surface area contributed by atoms with Gasteiger partial charge in [0.15, 0.2) is 6.10 Å². The van der Waals surface area contributed by atoms with Crippen molar-refractivity contribution < 1.29 is 23.9 Å². The van der Waals surface area contributed by atoms with Gasteiger partial charge < -0.3 is 14.8 Å². The highest BCUT2D eigenvalue weighted by Crippen LogP contribution is 2.16. The second-order valence-electron chi connectivity index (χ2n) is 7.41. The minimum atomic E-state index is -1.13. The summed E-state index contributed by atoms with van der Waals surface area (Å²) in [4.78, 5) is 40.3. The number of amides is 3. The van der Waals surface area contributed by atoms with Gasteiger partial charge in [0.25, 0.3) is 5.91 Å². The van der Waals surface area contributed by atoms with Crippen LogP contribution in [0.2, 0.25) is 0 Å². The lowest BCUT2D eigenvalue weighted by Gasteiger charge is -2.21. The van der Waals surface area contributed by atoms with Crippen LogP contribution in [0.4, 0.5) is 4.79 Å². The fourth-order valence-electron chi connectivity index (χ4n) is 2.19. The maximum Gasteiger partial charge on any atom is 0.338 e. The number of hydrogen-bond acceptors (Lipinski definition) is 7. The first-order chi connectivity index (χ1) is 13.5. The number of imide groups is 1. The number of rotatable bonds is 6. The molecule has 0 saturated carbocycles. The van der Waals surface area contributed by atoms with Crippen molar-refractivity contribution >= 4 is 29.2 Å². The van der Waals surface area contributed by atoms with Gasteiger partial charge in [-0.2, -0.15) is 0 Å². The van der Waals surface area contributed by atoms with Crippen LogP contribution in [-0.4, -0.2) is 34.5 Å². The number of aromatic nitrogens is 1. The number of carbonyl (C=O) groups excluding carboxylic acids is 3. The summed E-state index contributed by atoms with van der Waals surface area (Å²) in [6.07, 6.45) is -1.13. The van der Waals surface area contributed by atoms with Gasteiger partial charge in [-0.3, -0.25) is 10.1 Å². The first kappa shape index (κ1) is 22.4. The lowest BCUT2D eigenvalue weighted by Crippen LogP contribution is -2.50. The van der Waals surface area contributed by atoms with Crippen LogP contribution < -0.4 is 15.4 Å². The highest BCUT2D eigenvalue weighted by molar-refractivity contribution is 7.09. The fraction of sp³-hybridized carbons (Fsp3) is 0.400. The molecular formula is C20H25N3O5S. The quantitative estimate of drug-likeness (QED) is 0.697. The van der Waals surface area contributed by atoms with Crippen LogP contribution in [0.1, 0.15) is 48.8 Å². The second-order valence-corrected chi connectivity index (χ2v) is 8.47. The van der Waals surface area contributed by atoms with Crippen LogP contribution in [0, 0.1) is 6.92 Å².